The second-order valence-electron chi connectivity index (χ2n) is 9.79. The molecule has 1 saturated heterocycles. The molecule has 164 valence electrons. The van der Waals surface area contributed by atoms with Crippen LogP contribution >= 0.6 is 0 Å². The number of carbonyl (C=O) groups excluding carboxylic acids is 1. The van der Waals surface area contributed by atoms with E-state index in [9.17, 15) is 9.90 Å². The highest BCUT2D eigenvalue weighted by Gasteiger charge is 2.52. The zero-order valence-corrected chi connectivity index (χ0v) is 18.3. The number of hydrogen-bond donors (Lipinski definition) is 2. The van der Waals surface area contributed by atoms with Gasteiger partial charge < -0.3 is 15.2 Å². The molecule has 0 spiro atoms. The van der Waals surface area contributed by atoms with Crippen LogP contribution in [0.1, 0.15) is 60.8 Å². The van der Waals surface area contributed by atoms with Crippen LogP contribution in [0.4, 0.5) is 0 Å². The molecule has 0 amide bonds. The van der Waals surface area contributed by atoms with Gasteiger partial charge in [-0.1, -0.05) is 66.9 Å². The fourth-order valence-electron chi connectivity index (χ4n) is 5.99. The van der Waals surface area contributed by atoms with E-state index in [4.69, 9.17) is 4.74 Å². The lowest BCUT2D eigenvalue weighted by atomic mass is 9.77. The molecule has 2 saturated carbocycles. The summed E-state index contributed by atoms with van der Waals surface area (Å²) in [5.41, 5.74) is 2.55. The third kappa shape index (κ3) is 3.81. The molecule has 2 aromatic rings. The smallest absolute Gasteiger partial charge is 0.343 e. The molecule has 3 aliphatic rings. The van der Waals surface area contributed by atoms with Gasteiger partial charge in [-0.25, -0.2) is 4.79 Å². The van der Waals surface area contributed by atoms with E-state index in [0.717, 1.165) is 56.2 Å². The summed E-state index contributed by atoms with van der Waals surface area (Å²) < 4.78 is 6.10. The van der Waals surface area contributed by atoms with Crippen molar-refractivity contribution in [3.8, 4) is 0 Å². The number of aliphatic hydroxyl groups is 1. The molecule has 0 aromatic heterocycles. The first kappa shape index (κ1) is 20.7. The molecule has 2 aliphatic carbocycles. The minimum absolute atomic E-state index is 0.0915. The van der Waals surface area contributed by atoms with Crippen LogP contribution < -0.4 is 5.32 Å². The van der Waals surface area contributed by atoms with Crippen LogP contribution in [0.3, 0.4) is 0 Å². The Labute approximate surface area is 185 Å². The Bertz CT molecular complexity index is 914. The molecule has 0 radical (unpaired) electrons. The van der Waals surface area contributed by atoms with Crippen molar-refractivity contribution in [3.05, 3.63) is 70.8 Å². The van der Waals surface area contributed by atoms with Gasteiger partial charge in [0.15, 0.2) is 5.60 Å². The molecule has 31 heavy (non-hydrogen) atoms. The van der Waals surface area contributed by atoms with Crippen LogP contribution in [0.2, 0.25) is 0 Å². The van der Waals surface area contributed by atoms with Gasteiger partial charge in [-0.2, -0.15) is 0 Å². The van der Waals surface area contributed by atoms with Crippen molar-refractivity contribution in [3.63, 3.8) is 0 Å². The van der Waals surface area contributed by atoms with E-state index in [1.54, 1.807) is 0 Å². The van der Waals surface area contributed by atoms with E-state index in [1.807, 2.05) is 24.3 Å². The van der Waals surface area contributed by atoms with E-state index < -0.39 is 11.6 Å². The molecule has 2 bridgehead atoms. The Morgan fingerprint density at radius 3 is 2.45 bits per heavy atom. The van der Waals surface area contributed by atoms with Gasteiger partial charge in [0.1, 0.15) is 6.10 Å². The lowest BCUT2D eigenvalue weighted by Crippen LogP contribution is -2.46. The maximum atomic E-state index is 13.7. The van der Waals surface area contributed by atoms with Crippen molar-refractivity contribution in [2.75, 3.05) is 6.54 Å². The molecule has 3 unspecified atom stereocenters. The summed E-state index contributed by atoms with van der Waals surface area (Å²) in [6.45, 7) is 2.99. The molecule has 5 rings (SSSR count). The van der Waals surface area contributed by atoms with Gasteiger partial charge in [0.05, 0.1) is 0 Å². The first-order valence-corrected chi connectivity index (χ1v) is 11.9. The SMILES string of the molecule is Cc1ccc(Cc2ccccc2C(O)(C(=O)OC2C3CC[C@H]2NC3)C2CCCC2)cc1. The molecule has 4 nitrogen and oxygen atoms in total. The lowest BCUT2D eigenvalue weighted by molar-refractivity contribution is -0.180. The van der Waals surface area contributed by atoms with Crippen LogP contribution in [-0.2, 0) is 21.6 Å². The summed E-state index contributed by atoms with van der Waals surface area (Å²) in [5, 5.41) is 15.6. The highest BCUT2D eigenvalue weighted by Crippen LogP contribution is 2.44. The maximum absolute atomic E-state index is 13.7. The summed E-state index contributed by atoms with van der Waals surface area (Å²) in [4.78, 5) is 13.7. The minimum atomic E-state index is -1.58. The molecule has 1 heterocycles. The highest BCUT2D eigenvalue weighted by atomic mass is 16.6. The summed E-state index contributed by atoms with van der Waals surface area (Å²) in [5.74, 6) is -0.155. The number of piperidine rings is 1. The fraction of sp³-hybridized carbons (Fsp3) is 0.519. The van der Waals surface area contributed by atoms with Crippen molar-refractivity contribution >= 4 is 5.97 Å². The van der Waals surface area contributed by atoms with Gasteiger partial charge in [0.25, 0.3) is 0 Å². The Hall–Kier alpha value is -2.17. The third-order valence-corrected chi connectivity index (χ3v) is 7.80. The van der Waals surface area contributed by atoms with Crippen LogP contribution in [-0.4, -0.2) is 29.8 Å². The van der Waals surface area contributed by atoms with Gasteiger partial charge in [0.2, 0.25) is 0 Å². The summed E-state index contributed by atoms with van der Waals surface area (Å²) >= 11 is 0. The first-order chi connectivity index (χ1) is 15.1. The first-order valence-electron chi connectivity index (χ1n) is 11.9. The number of aryl methyl sites for hydroxylation is 1. The second-order valence-corrected chi connectivity index (χ2v) is 9.79. The number of benzene rings is 2. The molecule has 2 aromatic carbocycles. The fourth-order valence-corrected chi connectivity index (χ4v) is 5.99. The van der Waals surface area contributed by atoms with Gasteiger partial charge in [-0.3, -0.25) is 0 Å². The maximum Gasteiger partial charge on any atom is 0.343 e. The van der Waals surface area contributed by atoms with Crippen molar-refractivity contribution in [2.45, 2.75) is 69.6 Å². The number of hydrogen-bond acceptors (Lipinski definition) is 4. The van der Waals surface area contributed by atoms with E-state index in [1.165, 1.54) is 11.1 Å². The van der Waals surface area contributed by atoms with Crippen molar-refractivity contribution in [1.29, 1.82) is 0 Å². The highest BCUT2D eigenvalue weighted by molar-refractivity contribution is 5.82. The van der Waals surface area contributed by atoms with Crippen LogP contribution in [0.25, 0.3) is 0 Å². The van der Waals surface area contributed by atoms with Crippen LogP contribution in [0, 0.1) is 18.8 Å². The van der Waals surface area contributed by atoms with Gasteiger partial charge in [-0.15, -0.1) is 0 Å². The van der Waals surface area contributed by atoms with Crippen molar-refractivity contribution < 1.29 is 14.6 Å². The molecular weight excluding hydrogens is 386 g/mol. The van der Waals surface area contributed by atoms with Crippen LogP contribution in [0.15, 0.2) is 48.5 Å². The van der Waals surface area contributed by atoms with Crippen molar-refractivity contribution in [1.82, 2.24) is 5.32 Å². The van der Waals surface area contributed by atoms with Gasteiger partial charge in [0, 0.05) is 24.4 Å². The number of esters is 1. The summed E-state index contributed by atoms with van der Waals surface area (Å²) in [6.07, 6.45) is 6.56. The number of fused-ring (bicyclic) bond motifs is 2. The minimum Gasteiger partial charge on any atom is -0.458 e. The topological polar surface area (TPSA) is 58.6 Å². The number of ether oxygens (including phenoxy) is 1. The zero-order valence-electron chi connectivity index (χ0n) is 18.3. The average molecular weight is 420 g/mol. The monoisotopic (exact) mass is 419 g/mol. The third-order valence-electron chi connectivity index (χ3n) is 7.80. The molecule has 2 N–H and O–H groups in total. The Morgan fingerprint density at radius 1 is 1.06 bits per heavy atom. The van der Waals surface area contributed by atoms with Crippen molar-refractivity contribution in [2.24, 2.45) is 11.8 Å². The second kappa shape index (κ2) is 8.40. The molecule has 1 aliphatic heterocycles. The van der Waals surface area contributed by atoms with E-state index >= 15 is 0 Å². The molecule has 4 atom stereocenters. The Balaban J connectivity index is 1.48. The zero-order chi connectivity index (χ0) is 21.4. The quantitative estimate of drug-likeness (QED) is 0.687. The number of rotatable bonds is 6. The van der Waals surface area contributed by atoms with E-state index in [0.29, 0.717) is 12.3 Å². The molecule has 3 fully saturated rings. The average Bonchev–Trinajstić information content (AvgIpc) is 3.54. The van der Waals surface area contributed by atoms with E-state index in [2.05, 4.69) is 36.5 Å². The molecular formula is C27H33NO3. The Kier molecular flexibility index (Phi) is 5.61. The molecule has 4 heteroatoms. The summed E-state index contributed by atoms with van der Waals surface area (Å²) in [7, 11) is 0. The standard InChI is InChI=1S/C27H33NO3/c1-18-10-12-19(13-11-18)16-20-6-2-5-9-23(20)27(30,22-7-3-4-8-22)26(29)31-25-21-14-15-24(25)28-17-21/h2,5-6,9-13,21-22,24-25,28,30H,3-4,7-8,14-17H2,1H3/t21?,24-,25?,27?/m1/s1. The number of carbonyl (C=O) groups is 1. The number of nitrogens with one attached hydrogen (secondary N) is 1. The lowest BCUT2D eigenvalue weighted by Gasteiger charge is -2.35. The summed E-state index contributed by atoms with van der Waals surface area (Å²) in [6, 6.07) is 16.6. The van der Waals surface area contributed by atoms with Gasteiger partial charge in [-0.05, 0) is 55.7 Å². The Morgan fingerprint density at radius 2 is 1.81 bits per heavy atom. The predicted molar refractivity (Wildman–Crippen MR) is 121 cm³/mol. The normalized spacial score (nSPS) is 27.4. The predicted octanol–water partition coefficient (Wildman–Crippen LogP) is 4.26. The van der Waals surface area contributed by atoms with Gasteiger partial charge >= 0.3 is 5.97 Å². The van der Waals surface area contributed by atoms with E-state index in [-0.39, 0.29) is 18.1 Å². The van der Waals surface area contributed by atoms with Crippen LogP contribution in [0.5, 0.6) is 0 Å². The largest absolute Gasteiger partial charge is 0.458 e.